The minimum Gasteiger partial charge on any atom is -0.440 e. The Kier molecular flexibility index (Phi) is 3.53. The van der Waals surface area contributed by atoms with Gasteiger partial charge in [-0.15, -0.1) is 0 Å². The molecule has 0 aliphatic carbocycles. The van der Waals surface area contributed by atoms with Gasteiger partial charge in [-0.25, -0.2) is 4.98 Å². The summed E-state index contributed by atoms with van der Waals surface area (Å²) in [6.07, 6.45) is 5.84. The Bertz CT molecular complexity index is 619. The highest BCUT2D eigenvalue weighted by atomic mass is 35.5. The average Bonchev–Trinajstić information content (AvgIpc) is 3.05. The first-order valence-electron chi connectivity index (χ1n) is 6.64. The summed E-state index contributed by atoms with van der Waals surface area (Å²) in [5.74, 6) is 1.73. The number of aryl methyl sites for hydroxylation is 1. The molecule has 0 fully saturated rings. The SMILES string of the molecule is CN(C[C@H]1CCc2nccn2C1)C(=O)c1ccc(Cl)o1. The molecule has 2 aromatic rings. The number of hydrogen-bond donors (Lipinski definition) is 0. The van der Waals surface area contributed by atoms with E-state index in [-0.39, 0.29) is 16.9 Å². The number of aromatic nitrogens is 2. The van der Waals surface area contributed by atoms with E-state index in [1.807, 2.05) is 12.4 Å². The van der Waals surface area contributed by atoms with Gasteiger partial charge in [0.05, 0.1) is 0 Å². The van der Waals surface area contributed by atoms with Crippen molar-refractivity contribution >= 4 is 17.5 Å². The second-order valence-corrected chi connectivity index (χ2v) is 5.56. The fourth-order valence-electron chi connectivity index (χ4n) is 2.67. The van der Waals surface area contributed by atoms with E-state index >= 15 is 0 Å². The van der Waals surface area contributed by atoms with Crippen LogP contribution in [-0.4, -0.2) is 34.0 Å². The van der Waals surface area contributed by atoms with Crippen LogP contribution in [0.2, 0.25) is 5.22 Å². The van der Waals surface area contributed by atoms with Gasteiger partial charge in [0.1, 0.15) is 5.82 Å². The van der Waals surface area contributed by atoms with Crippen molar-refractivity contribution in [3.8, 4) is 0 Å². The van der Waals surface area contributed by atoms with Gasteiger partial charge in [0, 0.05) is 39.0 Å². The fourth-order valence-corrected chi connectivity index (χ4v) is 2.82. The van der Waals surface area contributed by atoms with Crippen LogP contribution >= 0.6 is 11.6 Å². The number of halogens is 1. The van der Waals surface area contributed by atoms with Crippen molar-refractivity contribution in [2.45, 2.75) is 19.4 Å². The summed E-state index contributed by atoms with van der Waals surface area (Å²) in [6.45, 7) is 1.61. The van der Waals surface area contributed by atoms with E-state index in [1.54, 1.807) is 24.1 Å². The van der Waals surface area contributed by atoms with E-state index in [1.165, 1.54) is 0 Å². The van der Waals surface area contributed by atoms with Gasteiger partial charge in [-0.3, -0.25) is 4.79 Å². The summed E-state index contributed by atoms with van der Waals surface area (Å²) in [5.41, 5.74) is 0. The molecule has 1 amide bonds. The van der Waals surface area contributed by atoms with Crippen molar-refractivity contribution in [2.24, 2.45) is 5.92 Å². The maximum atomic E-state index is 12.2. The monoisotopic (exact) mass is 293 g/mol. The molecule has 0 radical (unpaired) electrons. The summed E-state index contributed by atoms with van der Waals surface area (Å²) in [7, 11) is 1.79. The molecule has 3 heterocycles. The predicted molar refractivity (Wildman–Crippen MR) is 74.7 cm³/mol. The highest BCUT2D eigenvalue weighted by molar-refractivity contribution is 6.29. The van der Waals surface area contributed by atoms with Gasteiger partial charge in [0.15, 0.2) is 11.0 Å². The Morgan fingerprint density at radius 3 is 3.20 bits per heavy atom. The Balaban J connectivity index is 1.62. The lowest BCUT2D eigenvalue weighted by atomic mass is 9.99. The zero-order valence-electron chi connectivity index (χ0n) is 11.3. The van der Waals surface area contributed by atoms with Gasteiger partial charge in [0.2, 0.25) is 0 Å². The van der Waals surface area contributed by atoms with Crippen molar-refractivity contribution in [2.75, 3.05) is 13.6 Å². The number of rotatable bonds is 3. The summed E-state index contributed by atoms with van der Waals surface area (Å²) < 4.78 is 7.32. The van der Waals surface area contributed by atoms with Crippen molar-refractivity contribution in [3.05, 3.63) is 41.3 Å². The number of nitrogens with zero attached hydrogens (tertiary/aromatic N) is 3. The highest BCUT2D eigenvalue weighted by Gasteiger charge is 2.23. The van der Waals surface area contributed by atoms with Crippen molar-refractivity contribution < 1.29 is 9.21 Å². The molecule has 106 valence electrons. The molecule has 0 saturated carbocycles. The standard InChI is InChI=1S/C14H16ClN3O2/c1-17(14(19)11-3-4-12(15)20-11)8-10-2-5-13-16-6-7-18(13)9-10/h3-4,6-7,10H,2,5,8-9H2,1H3/t10-/m1/s1. The molecule has 0 unspecified atom stereocenters. The third kappa shape index (κ3) is 2.58. The molecule has 3 rings (SSSR count). The Morgan fingerprint density at radius 1 is 1.60 bits per heavy atom. The predicted octanol–water partition coefficient (Wildman–Crippen LogP) is 2.46. The Labute approximate surface area is 122 Å². The molecule has 6 heteroatoms. The van der Waals surface area contributed by atoms with Crippen LogP contribution in [0.4, 0.5) is 0 Å². The molecule has 0 saturated heterocycles. The van der Waals surface area contributed by atoms with Crippen LogP contribution in [0.15, 0.2) is 28.9 Å². The molecule has 1 atom stereocenters. The van der Waals surface area contributed by atoms with Gasteiger partial charge in [-0.1, -0.05) is 0 Å². The van der Waals surface area contributed by atoms with Crippen molar-refractivity contribution in [1.29, 1.82) is 0 Å². The van der Waals surface area contributed by atoms with E-state index < -0.39 is 0 Å². The third-order valence-electron chi connectivity index (χ3n) is 3.70. The van der Waals surface area contributed by atoms with Gasteiger partial charge in [0.25, 0.3) is 5.91 Å². The molecule has 1 aliphatic rings. The molecule has 1 aliphatic heterocycles. The van der Waals surface area contributed by atoms with Crippen LogP contribution < -0.4 is 0 Å². The number of carbonyl (C=O) groups excluding carboxylic acids is 1. The van der Waals surface area contributed by atoms with Gasteiger partial charge in [-0.05, 0) is 36.1 Å². The summed E-state index contributed by atoms with van der Waals surface area (Å²) in [6, 6.07) is 3.19. The molecule has 0 aromatic carbocycles. The molecule has 0 bridgehead atoms. The van der Waals surface area contributed by atoms with E-state index in [0.717, 1.165) is 25.2 Å². The topological polar surface area (TPSA) is 51.3 Å². The average molecular weight is 294 g/mol. The number of carbonyl (C=O) groups is 1. The van der Waals surface area contributed by atoms with E-state index in [0.29, 0.717) is 12.5 Å². The first-order chi connectivity index (χ1) is 9.63. The van der Waals surface area contributed by atoms with Gasteiger partial charge in [-0.2, -0.15) is 0 Å². The fraction of sp³-hybridized carbons (Fsp3) is 0.429. The van der Waals surface area contributed by atoms with Gasteiger partial charge >= 0.3 is 0 Å². The number of hydrogen-bond acceptors (Lipinski definition) is 3. The molecule has 0 spiro atoms. The lowest BCUT2D eigenvalue weighted by Crippen LogP contribution is -2.35. The number of fused-ring (bicyclic) bond motifs is 1. The largest absolute Gasteiger partial charge is 0.440 e. The molecule has 20 heavy (non-hydrogen) atoms. The number of amides is 1. The smallest absolute Gasteiger partial charge is 0.289 e. The molecular formula is C14H16ClN3O2. The zero-order chi connectivity index (χ0) is 14.1. The number of imidazole rings is 1. The lowest BCUT2D eigenvalue weighted by molar-refractivity contribution is 0.0729. The zero-order valence-corrected chi connectivity index (χ0v) is 12.0. The maximum absolute atomic E-state index is 12.2. The second kappa shape index (κ2) is 5.32. The Hall–Kier alpha value is -1.75. The highest BCUT2D eigenvalue weighted by Crippen LogP contribution is 2.21. The van der Waals surface area contributed by atoms with Crippen LogP contribution in [0, 0.1) is 5.92 Å². The summed E-state index contributed by atoms with van der Waals surface area (Å²) >= 11 is 5.70. The third-order valence-corrected chi connectivity index (χ3v) is 3.90. The van der Waals surface area contributed by atoms with Crippen LogP contribution in [0.25, 0.3) is 0 Å². The normalized spacial score (nSPS) is 17.8. The van der Waals surface area contributed by atoms with E-state index in [2.05, 4.69) is 9.55 Å². The maximum Gasteiger partial charge on any atom is 0.289 e. The molecule has 2 aromatic heterocycles. The van der Waals surface area contributed by atoms with Crippen LogP contribution in [0.5, 0.6) is 0 Å². The van der Waals surface area contributed by atoms with Crippen molar-refractivity contribution in [3.63, 3.8) is 0 Å². The lowest BCUT2D eigenvalue weighted by Gasteiger charge is -2.27. The quantitative estimate of drug-likeness (QED) is 0.873. The molecular weight excluding hydrogens is 278 g/mol. The second-order valence-electron chi connectivity index (χ2n) is 5.19. The Morgan fingerprint density at radius 2 is 2.45 bits per heavy atom. The van der Waals surface area contributed by atoms with Crippen LogP contribution in [0.3, 0.4) is 0 Å². The minimum atomic E-state index is -0.131. The van der Waals surface area contributed by atoms with E-state index in [9.17, 15) is 4.79 Å². The number of furan rings is 1. The van der Waals surface area contributed by atoms with Crippen LogP contribution in [-0.2, 0) is 13.0 Å². The van der Waals surface area contributed by atoms with E-state index in [4.69, 9.17) is 16.0 Å². The first kappa shape index (κ1) is 13.2. The minimum absolute atomic E-state index is 0.131. The van der Waals surface area contributed by atoms with Crippen molar-refractivity contribution in [1.82, 2.24) is 14.5 Å². The summed E-state index contributed by atoms with van der Waals surface area (Å²) in [4.78, 5) is 18.2. The molecule has 0 N–H and O–H groups in total. The molecule has 5 nitrogen and oxygen atoms in total. The summed E-state index contributed by atoms with van der Waals surface area (Å²) in [5, 5.41) is 0.238. The van der Waals surface area contributed by atoms with Crippen LogP contribution in [0.1, 0.15) is 22.8 Å². The first-order valence-corrected chi connectivity index (χ1v) is 7.02. The van der Waals surface area contributed by atoms with Gasteiger partial charge < -0.3 is 13.9 Å².